The fourth-order valence-corrected chi connectivity index (χ4v) is 2.46. The largest absolute Gasteiger partial charge is 0.493 e. The van der Waals surface area contributed by atoms with Crippen molar-refractivity contribution < 1.29 is 14.3 Å². The van der Waals surface area contributed by atoms with E-state index in [-0.39, 0.29) is 12.3 Å². The summed E-state index contributed by atoms with van der Waals surface area (Å²) in [4.78, 5) is 12.1. The lowest BCUT2D eigenvalue weighted by atomic mass is 10.1. The van der Waals surface area contributed by atoms with Gasteiger partial charge in [0.15, 0.2) is 11.5 Å². The Hall–Kier alpha value is -1.76. The van der Waals surface area contributed by atoms with Gasteiger partial charge >= 0.3 is 0 Å². The monoisotopic (exact) mass is 397 g/mol. The van der Waals surface area contributed by atoms with Gasteiger partial charge in [0.2, 0.25) is 5.91 Å². The molecular formula is C16H16INO3. The lowest BCUT2D eigenvalue weighted by Crippen LogP contribution is -2.15. The van der Waals surface area contributed by atoms with Gasteiger partial charge in [-0.25, -0.2) is 0 Å². The molecule has 4 nitrogen and oxygen atoms in total. The van der Waals surface area contributed by atoms with Crippen LogP contribution in [0.3, 0.4) is 0 Å². The maximum atomic E-state index is 12.1. The number of carbonyl (C=O) groups excluding carboxylic acids is 1. The van der Waals surface area contributed by atoms with Gasteiger partial charge in [-0.05, 0) is 52.4 Å². The number of anilines is 1. The molecule has 0 aromatic heterocycles. The van der Waals surface area contributed by atoms with E-state index in [1.807, 2.05) is 36.4 Å². The Balaban J connectivity index is 2.08. The molecule has 110 valence electrons. The van der Waals surface area contributed by atoms with Gasteiger partial charge in [-0.3, -0.25) is 4.79 Å². The smallest absolute Gasteiger partial charge is 0.228 e. The van der Waals surface area contributed by atoms with Gasteiger partial charge in [-0.2, -0.15) is 0 Å². The first-order valence-corrected chi connectivity index (χ1v) is 7.47. The highest BCUT2D eigenvalue weighted by Crippen LogP contribution is 2.27. The van der Waals surface area contributed by atoms with E-state index in [2.05, 4.69) is 27.9 Å². The second kappa shape index (κ2) is 7.31. The predicted molar refractivity (Wildman–Crippen MR) is 91.0 cm³/mol. The SMILES string of the molecule is COc1ccc(CC(=O)Nc2ccccc2I)cc1OC. The summed E-state index contributed by atoms with van der Waals surface area (Å²) < 4.78 is 11.4. The third kappa shape index (κ3) is 4.10. The average molecular weight is 397 g/mol. The number of hydrogen-bond acceptors (Lipinski definition) is 3. The van der Waals surface area contributed by atoms with Gasteiger partial charge in [0.25, 0.3) is 0 Å². The van der Waals surface area contributed by atoms with Crippen molar-refractivity contribution in [3.63, 3.8) is 0 Å². The number of carbonyl (C=O) groups is 1. The van der Waals surface area contributed by atoms with Crippen LogP contribution in [0, 0.1) is 3.57 Å². The molecular weight excluding hydrogens is 381 g/mol. The van der Waals surface area contributed by atoms with Crippen LogP contribution >= 0.6 is 22.6 Å². The van der Waals surface area contributed by atoms with E-state index in [1.54, 1.807) is 20.3 Å². The van der Waals surface area contributed by atoms with E-state index in [1.165, 1.54) is 0 Å². The van der Waals surface area contributed by atoms with Gasteiger partial charge in [0.05, 0.1) is 26.3 Å². The first-order chi connectivity index (χ1) is 10.1. The highest BCUT2D eigenvalue weighted by molar-refractivity contribution is 14.1. The number of hydrogen-bond donors (Lipinski definition) is 1. The topological polar surface area (TPSA) is 47.6 Å². The van der Waals surface area contributed by atoms with Crippen molar-refractivity contribution in [1.29, 1.82) is 0 Å². The van der Waals surface area contributed by atoms with Crippen LogP contribution in [-0.2, 0) is 11.2 Å². The van der Waals surface area contributed by atoms with Gasteiger partial charge in [0, 0.05) is 3.57 Å². The summed E-state index contributed by atoms with van der Waals surface area (Å²) >= 11 is 2.19. The van der Waals surface area contributed by atoms with Crippen LogP contribution in [0.4, 0.5) is 5.69 Å². The Morgan fingerprint density at radius 3 is 2.48 bits per heavy atom. The van der Waals surface area contributed by atoms with Gasteiger partial charge in [-0.1, -0.05) is 18.2 Å². The van der Waals surface area contributed by atoms with Crippen molar-refractivity contribution in [1.82, 2.24) is 0 Å². The summed E-state index contributed by atoms with van der Waals surface area (Å²) in [5.74, 6) is 1.21. The molecule has 1 N–H and O–H groups in total. The Morgan fingerprint density at radius 1 is 1.10 bits per heavy atom. The van der Waals surface area contributed by atoms with E-state index in [4.69, 9.17) is 9.47 Å². The quantitative estimate of drug-likeness (QED) is 0.786. The molecule has 0 heterocycles. The molecule has 0 saturated carbocycles. The van der Waals surface area contributed by atoms with Crippen LogP contribution in [0.1, 0.15) is 5.56 Å². The minimum absolute atomic E-state index is 0.0636. The number of rotatable bonds is 5. The van der Waals surface area contributed by atoms with Crippen LogP contribution in [0.25, 0.3) is 0 Å². The molecule has 0 atom stereocenters. The zero-order valence-electron chi connectivity index (χ0n) is 11.9. The molecule has 0 fully saturated rings. The number of para-hydroxylation sites is 1. The molecule has 0 unspecified atom stereocenters. The third-order valence-corrected chi connectivity index (χ3v) is 3.90. The molecule has 0 spiro atoms. The van der Waals surface area contributed by atoms with Gasteiger partial charge < -0.3 is 14.8 Å². The summed E-state index contributed by atoms with van der Waals surface area (Å²) in [6, 6.07) is 13.1. The standard InChI is InChI=1S/C16H16INO3/c1-20-14-8-7-11(9-15(14)21-2)10-16(19)18-13-6-4-3-5-12(13)17/h3-9H,10H2,1-2H3,(H,18,19). The van der Waals surface area contributed by atoms with Gasteiger partial charge in [-0.15, -0.1) is 0 Å². The lowest BCUT2D eigenvalue weighted by Gasteiger charge is -2.10. The molecule has 0 saturated heterocycles. The van der Waals surface area contributed by atoms with Crippen molar-refractivity contribution in [2.45, 2.75) is 6.42 Å². The number of nitrogens with one attached hydrogen (secondary N) is 1. The van der Waals surface area contributed by atoms with E-state index in [0.29, 0.717) is 11.5 Å². The first kappa shape index (κ1) is 15.6. The fourth-order valence-electron chi connectivity index (χ4n) is 1.93. The van der Waals surface area contributed by atoms with Crippen LogP contribution in [0.5, 0.6) is 11.5 Å². The van der Waals surface area contributed by atoms with E-state index >= 15 is 0 Å². The molecule has 2 aromatic rings. The van der Waals surface area contributed by atoms with Gasteiger partial charge in [0.1, 0.15) is 0 Å². The van der Waals surface area contributed by atoms with Crippen molar-refractivity contribution in [2.75, 3.05) is 19.5 Å². The maximum Gasteiger partial charge on any atom is 0.228 e. The third-order valence-electron chi connectivity index (χ3n) is 2.96. The number of amides is 1. The van der Waals surface area contributed by atoms with Crippen LogP contribution in [-0.4, -0.2) is 20.1 Å². The molecule has 0 aliphatic carbocycles. The molecule has 5 heteroatoms. The second-order valence-corrected chi connectivity index (χ2v) is 5.56. The number of halogens is 1. The lowest BCUT2D eigenvalue weighted by molar-refractivity contribution is -0.115. The minimum atomic E-state index is -0.0636. The van der Waals surface area contributed by atoms with Crippen molar-refractivity contribution in [3.8, 4) is 11.5 Å². The number of ether oxygens (including phenoxy) is 2. The molecule has 0 aliphatic rings. The van der Waals surface area contributed by atoms with E-state index in [0.717, 1.165) is 14.8 Å². The molecule has 1 amide bonds. The molecule has 21 heavy (non-hydrogen) atoms. The Labute approximate surface area is 137 Å². The summed E-state index contributed by atoms with van der Waals surface area (Å²) in [7, 11) is 3.16. The molecule has 2 rings (SSSR count). The van der Waals surface area contributed by atoms with E-state index in [9.17, 15) is 4.79 Å². The normalized spacial score (nSPS) is 10.0. The molecule has 0 radical (unpaired) electrons. The Morgan fingerprint density at radius 2 is 1.81 bits per heavy atom. The first-order valence-electron chi connectivity index (χ1n) is 6.39. The van der Waals surface area contributed by atoms with E-state index < -0.39 is 0 Å². The zero-order valence-corrected chi connectivity index (χ0v) is 14.0. The summed E-state index contributed by atoms with van der Waals surface area (Å²) in [6.45, 7) is 0. The zero-order chi connectivity index (χ0) is 15.2. The Bertz CT molecular complexity index is 643. The van der Waals surface area contributed by atoms with Crippen molar-refractivity contribution >= 4 is 34.2 Å². The Kier molecular flexibility index (Phi) is 5.44. The van der Waals surface area contributed by atoms with Crippen LogP contribution in [0.2, 0.25) is 0 Å². The average Bonchev–Trinajstić information content (AvgIpc) is 2.49. The van der Waals surface area contributed by atoms with Crippen LogP contribution in [0.15, 0.2) is 42.5 Å². The second-order valence-electron chi connectivity index (χ2n) is 4.39. The number of methoxy groups -OCH3 is 2. The number of benzene rings is 2. The van der Waals surface area contributed by atoms with Crippen molar-refractivity contribution in [3.05, 3.63) is 51.6 Å². The summed E-state index contributed by atoms with van der Waals surface area (Å²) in [5, 5.41) is 2.91. The highest BCUT2D eigenvalue weighted by Gasteiger charge is 2.09. The molecule has 0 aliphatic heterocycles. The predicted octanol–water partition coefficient (Wildman–Crippen LogP) is 3.49. The summed E-state index contributed by atoms with van der Waals surface area (Å²) in [5.41, 5.74) is 1.69. The maximum absolute atomic E-state index is 12.1. The molecule has 0 bridgehead atoms. The molecule has 2 aromatic carbocycles. The highest BCUT2D eigenvalue weighted by atomic mass is 127. The van der Waals surface area contributed by atoms with Crippen molar-refractivity contribution in [2.24, 2.45) is 0 Å². The summed E-state index contributed by atoms with van der Waals surface area (Å²) in [6.07, 6.45) is 0.283. The fraction of sp³-hybridized carbons (Fsp3) is 0.188. The van der Waals surface area contributed by atoms with Crippen LogP contribution < -0.4 is 14.8 Å². The minimum Gasteiger partial charge on any atom is -0.493 e.